The Morgan fingerprint density at radius 1 is 1.13 bits per heavy atom. The molecule has 116 valence electrons. The monoisotopic (exact) mass is 341 g/mol. The molecule has 0 saturated heterocycles. The van der Waals surface area contributed by atoms with Crippen LogP contribution >= 0.6 is 22.9 Å². The van der Waals surface area contributed by atoms with Crippen LogP contribution in [0, 0.1) is 0 Å². The van der Waals surface area contributed by atoms with Gasteiger partial charge in [0.25, 0.3) is 0 Å². The van der Waals surface area contributed by atoms with Crippen molar-refractivity contribution in [2.45, 2.75) is 13.3 Å². The van der Waals surface area contributed by atoms with E-state index in [1.165, 1.54) is 16.9 Å². The molecule has 2 aromatic carbocycles. The number of nitrogens with one attached hydrogen (secondary N) is 1. The summed E-state index contributed by atoms with van der Waals surface area (Å²) in [5, 5.41) is 7.72. The molecule has 0 aliphatic rings. The van der Waals surface area contributed by atoms with E-state index in [0.717, 1.165) is 33.4 Å². The highest BCUT2D eigenvalue weighted by Gasteiger charge is 2.03. The standard InChI is InChI=1S/C18H16ClN3S/c1-2-13-3-5-14(6-4-13)11-20-22-18-21-17(12-23-18)15-7-9-16(19)10-8-15/h3-12H,2H2,1H3,(H,21,22)/b20-11+. The first-order chi connectivity index (χ1) is 11.2. The zero-order chi connectivity index (χ0) is 16.1. The van der Waals surface area contributed by atoms with Gasteiger partial charge in [-0.05, 0) is 29.7 Å². The Balaban J connectivity index is 1.64. The van der Waals surface area contributed by atoms with E-state index in [1.807, 2.05) is 29.6 Å². The fourth-order valence-electron chi connectivity index (χ4n) is 2.08. The van der Waals surface area contributed by atoms with Crippen LogP contribution in [0.5, 0.6) is 0 Å². The van der Waals surface area contributed by atoms with E-state index >= 15 is 0 Å². The van der Waals surface area contributed by atoms with Gasteiger partial charge in [-0.3, -0.25) is 5.43 Å². The topological polar surface area (TPSA) is 37.3 Å². The van der Waals surface area contributed by atoms with E-state index in [2.05, 4.69) is 46.7 Å². The van der Waals surface area contributed by atoms with Crippen LogP contribution < -0.4 is 5.43 Å². The van der Waals surface area contributed by atoms with Crippen molar-refractivity contribution >= 4 is 34.3 Å². The molecular weight excluding hydrogens is 326 g/mol. The third-order valence-corrected chi connectivity index (χ3v) is 4.40. The number of anilines is 1. The molecule has 0 aliphatic carbocycles. The minimum Gasteiger partial charge on any atom is -0.253 e. The summed E-state index contributed by atoms with van der Waals surface area (Å²) in [5.41, 5.74) is 7.31. The summed E-state index contributed by atoms with van der Waals surface area (Å²) in [6.45, 7) is 2.14. The molecule has 3 rings (SSSR count). The SMILES string of the molecule is CCc1ccc(/C=N/Nc2nc(-c3ccc(Cl)cc3)cs2)cc1. The molecule has 0 saturated carbocycles. The van der Waals surface area contributed by atoms with Gasteiger partial charge < -0.3 is 0 Å². The highest BCUT2D eigenvalue weighted by Crippen LogP contribution is 2.25. The minimum absolute atomic E-state index is 0.723. The molecule has 0 fully saturated rings. The van der Waals surface area contributed by atoms with Crippen LogP contribution in [0.15, 0.2) is 59.0 Å². The van der Waals surface area contributed by atoms with E-state index < -0.39 is 0 Å². The molecule has 1 aromatic heterocycles. The number of nitrogens with zero attached hydrogens (tertiary/aromatic N) is 2. The lowest BCUT2D eigenvalue weighted by molar-refractivity contribution is 1.14. The molecule has 1 heterocycles. The van der Waals surface area contributed by atoms with Crippen molar-refractivity contribution in [3.05, 3.63) is 70.1 Å². The Morgan fingerprint density at radius 2 is 1.87 bits per heavy atom. The zero-order valence-electron chi connectivity index (χ0n) is 12.7. The number of rotatable bonds is 5. The van der Waals surface area contributed by atoms with Gasteiger partial charge in [-0.25, -0.2) is 4.98 Å². The number of hydrazone groups is 1. The molecule has 5 heteroatoms. The summed E-state index contributed by atoms with van der Waals surface area (Å²) < 4.78 is 0. The first-order valence-corrected chi connectivity index (χ1v) is 8.60. The van der Waals surface area contributed by atoms with E-state index in [9.17, 15) is 0 Å². The van der Waals surface area contributed by atoms with E-state index in [4.69, 9.17) is 11.6 Å². The molecule has 3 aromatic rings. The van der Waals surface area contributed by atoms with Crippen LogP contribution in [0.2, 0.25) is 5.02 Å². The smallest absolute Gasteiger partial charge is 0.203 e. The van der Waals surface area contributed by atoms with Crippen LogP contribution in [-0.4, -0.2) is 11.2 Å². The Hall–Kier alpha value is -2.17. The van der Waals surface area contributed by atoms with Crippen LogP contribution in [0.4, 0.5) is 5.13 Å². The molecule has 0 bridgehead atoms. The Morgan fingerprint density at radius 3 is 2.57 bits per heavy atom. The molecule has 1 N–H and O–H groups in total. The number of aryl methyl sites for hydroxylation is 1. The average Bonchev–Trinajstić information content (AvgIpc) is 3.05. The summed E-state index contributed by atoms with van der Waals surface area (Å²) in [6.07, 6.45) is 2.84. The van der Waals surface area contributed by atoms with Gasteiger partial charge in [0.2, 0.25) is 5.13 Å². The molecular formula is C18H16ClN3S. The summed E-state index contributed by atoms with van der Waals surface area (Å²) in [6, 6.07) is 16.0. The summed E-state index contributed by atoms with van der Waals surface area (Å²) in [7, 11) is 0. The number of aromatic nitrogens is 1. The maximum Gasteiger partial charge on any atom is 0.203 e. The highest BCUT2D eigenvalue weighted by atomic mass is 35.5. The molecule has 0 spiro atoms. The molecule has 0 amide bonds. The Kier molecular flexibility index (Phi) is 5.05. The number of hydrogen-bond acceptors (Lipinski definition) is 4. The Bertz CT molecular complexity index is 792. The van der Waals surface area contributed by atoms with Crippen LogP contribution in [0.25, 0.3) is 11.3 Å². The third kappa shape index (κ3) is 4.18. The lowest BCUT2D eigenvalue weighted by Gasteiger charge is -1.98. The van der Waals surface area contributed by atoms with Crippen molar-refractivity contribution < 1.29 is 0 Å². The van der Waals surface area contributed by atoms with Crippen molar-refractivity contribution in [1.29, 1.82) is 0 Å². The third-order valence-electron chi connectivity index (χ3n) is 3.41. The molecule has 3 nitrogen and oxygen atoms in total. The van der Waals surface area contributed by atoms with Gasteiger partial charge in [0, 0.05) is 16.0 Å². The molecule has 23 heavy (non-hydrogen) atoms. The maximum atomic E-state index is 5.90. The summed E-state index contributed by atoms with van der Waals surface area (Å²) in [5.74, 6) is 0. The predicted octanol–water partition coefficient (Wildman–Crippen LogP) is 5.47. The molecule has 0 unspecified atom stereocenters. The highest BCUT2D eigenvalue weighted by molar-refractivity contribution is 7.14. The van der Waals surface area contributed by atoms with E-state index in [-0.39, 0.29) is 0 Å². The number of benzene rings is 2. The largest absolute Gasteiger partial charge is 0.253 e. The lowest BCUT2D eigenvalue weighted by Crippen LogP contribution is -1.90. The number of hydrogen-bond donors (Lipinski definition) is 1. The van der Waals surface area contributed by atoms with Crippen molar-refractivity contribution in [2.75, 3.05) is 5.43 Å². The van der Waals surface area contributed by atoms with Gasteiger partial charge in [0.15, 0.2) is 0 Å². The Labute approximate surface area is 144 Å². The molecule has 0 atom stereocenters. The maximum absolute atomic E-state index is 5.90. The average molecular weight is 342 g/mol. The second-order valence-electron chi connectivity index (χ2n) is 5.01. The van der Waals surface area contributed by atoms with Crippen molar-refractivity contribution in [1.82, 2.24) is 4.98 Å². The predicted molar refractivity (Wildman–Crippen MR) is 99.6 cm³/mol. The van der Waals surface area contributed by atoms with Crippen LogP contribution in [-0.2, 0) is 6.42 Å². The van der Waals surface area contributed by atoms with E-state index in [1.54, 1.807) is 6.21 Å². The van der Waals surface area contributed by atoms with Crippen LogP contribution in [0.3, 0.4) is 0 Å². The van der Waals surface area contributed by atoms with Gasteiger partial charge >= 0.3 is 0 Å². The first kappa shape index (κ1) is 15.7. The normalized spacial score (nSPS) is 11.0. The molecule has 0 radical (unpaired) electrons. The van der Waals surface area contributed by atoms with Crippen molar-refractivity contribution in [2.24, 2.45) is 5.10 Å². The van der Waals surface area contributed by atoms with E-state index in [0.29, 0.717) is 0 Å². The van der Waals surface area contributed by atoms with Gasteiger partial charge in [-0.1, -0.05) is 54.9 Å². The number of thiazole rings is 1. The quantitative estimate of drug-likeness (QED) is 0.493. The first-order valence-electron chi connectivity index (χ1n) is 7.34. The van der Waals surface area contributed by atoms with Gasteiger partial charge in [-0.15, -0.1) is 11.3 Å². The van der Waals surface area contributed by atoms with Crippen molar-refractivity contribution in [3.63, 3.8) is 0 Å². The second-order valence-corrected chi connectivity index (χ2v) is 6.30. The molecule has 0 aliphatic heterocycles. The second kappa shape index (κ2) is 7.40. The van der Waals surface area contributed by atoms with Crippen molar-refractivity contribution in [3.8, 4) is 11.3 Å². The minimum atomic E-state index is 0.723. The summed E-state index contributed by atoms with van der Waals surface area (Å²) >= 11 is 7.42. The fraction of sp³-hybridized carbons (Fsp3) is 0.111. The summed E-state index contributed by atoms with van der Waals surface area (Å²) in [4.78, 5) is 4.52. The van der Waals surface area contributed by atoms with Gasteiger partial charge in [0.1, 0.15) is 0 Å². The zero-order valence-corrected chi connectivity index (χ0v) is 14.2. The van der Waals surface area contributed by atoms with Crippen LogP contribution in [0.1, 0.15) is 18.1 Å². The fourth-order valence-corrected chi connectivity index (χ4v) is 2.87. The van der Waals surface area contributed by atoms with Gasteiger partial charge in [0.05, 0.1) is 11.9 Å². The lowest BCUT2D eigenvalue weighted by atomic mass is 10.1. The number of halogens is 1. The van der Waals surface area contributed by atoms with Gasteiger partial charge in [-0.2, -0.15) is 5.10 Å².